The van der Waals surface area contributed by atoms with Crippen molar-refractivity contribution in [1.82, 2.24) is 5.32 Å². The standard InChI is InChI=1S/C11H11N3O2/c1-4-6-9(5-2)13-11(15)10(7-12)8(3)14-16/h4-6H,1-2H2,3H3,(H,13,15)/b9-6+,10-8+. The molecule has 1 amide bonds. The smallest absolute Gasteiger partial charge is 0.268 e. The second-order valence-electron chi connectivity index (χ2n) is 2.68. The fourth-order valence-corrected chi connectivity index (χ4v) is 0.823. The number of amides is 1. The van der Waals surface area contributed by atoms with Crippen molar-refractivity contribution in [2.24, 2.45) is 5.18 Å². The number of hydrogen-bond donors (Lipinski definition) is 1. The predicted molar refractivity (Wildman–Crippen MR) is 60.7 cm³/mol. The van der Waals surface area contributed by atoms with E-state index in [4.69, 9.17) is 5.26 Å². The Hall–Kier alpha value is -2.48. The Morgan fingerprint density at radius 1 is 1.50 bits per heavy atom. The fraction of sp³-hybridized carbons (Fsp3) is 0.0909. The fourth-order valence-electron chi connectivity index (χ4n) is 0.823. The van der Waals surface area contributed by atoms with Crippen LogP contribution in [-0.4, -0.2) is 5.91 Å². The summed E-state index contributed by atoms with van der Waals surface area (Å²) in [6.45, 7) is 8.21. The highest BCUT2D eigenvalue weighted by Crippen LogP contribution is 2.05. The quantitative estimate of drug-likeness (QED) is 0.330. The molecule has 1 N–H and O–H groups in total. The van der Waals surface area contributed by atoms with Crippen molar-refractivity contribution in [3.63, 3.8) is 0 Å². The third-order valence-electron chi connectivity index (χ3n) is 1.61. The van der Waals surface area contributed by atoms with Gasteiger partial charge in [-0.1, -0.05) is 19.2 Å². The van der Waals surface area contributed by atoms with Crippen LogP contribution < -0.4 is 5.32 Å². The molecule has 0 radical (unpaired) electrons. The molecule has 0 heterocycles. The first-order valence-electron chi connectivity index (χ1n) is 4.31. The molecule has 0 rings (SSSR count). The number of carbonyl (C=O) groups is 1. The van der Waals surface area contributed by atoms with Crippen LogP contribution in [0.1, 0.15) is 6.92 Å². The molecule has 0 aromatic carbocycles. The van der Waals surface area contributed by atoms with Gasteiger partial charge in [-0.15, -0.1) is 4.91 Å². The lowest BCUT2D eigenvalue weighted by Crippen LogP contribution is -2.23. The van der Waals surface area contributed by atoms with E-state index in [1.165, 1.54) is 25.2 Å². The van der Waals surface area contributed by atoms with Gasteiger partial charge in [0.2, 0.25) is 0 Å². The Labute approximate surface area is 93.4 Å². The Kier molecular flexibility index (Phi) is 5.83. The zero-order valence-corrected chi connectivity index (χ0v) is 8.86. The largest absolute Gasteiger partial charge is 0.321 e. The monoisotopic (exact) mass is 217 g/mol. The number of rotatable bonds is 5. The minimum Gasteiger partial charge on any atom is -0.321 e. The van der Waals surface area contributed by atoms with Crippen molar-refractivity contribution < 1.29 is 4.79 Å². The van der Waals surface area contributed by atoms with E-state index in [2.05, 4.69) is 23.7 Å². The molecular weight excluding hydrogens is 206 g/mol. The Morgan fingerprint density at radius 3 is 2.50 bits per heavy atom. The van der Waals surface area contributed by atoms with E-state index < -0.39 is 5.91 Å². The van der Waals surface area contributed by atoms with Crippen LogP contribution in [0.4, 0.5) is 0 Å². The Balaban J connectivity index is 5.03. The van der Waals surface area contributed by atoms with Crippen molar-refractivity contribution in [2.45, 2.75) is 6.92 Å². The summed E-state index contributed by atoms with van der Waals surface area (Å²) in [5.41, 5.74) is -0.111. The molecule has 0 aromatic rings. The van der Waals surface area contributed by atoms with Gasteiger partial charge in [-0.2, -0.15) is 5.26 Å². The number of nitrogens with zero attached hydrogens (tertiary/aromatic N) is 2. The molecule has 0 bridgehead atoms. The zero-order chi connectivity index (χ0) is 12.6. The summed E-state index contributed by atoms with van der Waals surface area (Å²) in [4.78, 5) is 21.7. The Morgan fingerprint density at radius 2 is 2.12 bits per heavy atom. The molecule has 0 spiro atoms. The van der Waals surface area contributed by atoms with Gasteiger partial charge in [0, 0.05) is 5.70 Å². The zero-order valence-electron chi connectivity index (χ0n) is 8.86. The van der Waals surface area contributed by atoms with Gasteiger partial charge in [-0.25, -0.2) is 0 Å². The van der Waals surface area contributed by atoms with Gasteiger partial charge in [-0.3, -0.25) is 4.79 Å². The van der Waals surface area contributed by atoms with Gasteiger partial charge in [0.05, 0.1) is 0 Å². The van der Waals surface area contributed by atoms with Crippen LogP contribution in [0.2, 0.25) is 0 Å². The SMILES string of the molecule is C=C/C=C(\C=C)NC(=O)/C(C#N)=C(\C)N=O. The number of hydrogen-bond acceptors (Lipinski definition) is 4. The summed E-state index contributed by atoms with van der Waals surface area (Å²) in [5.74, 6) is -0.701. The summed E-state index contributed by atoms with van der Waals surface area (Å²) in [7, 11) is 0. The predicted octanol–water partition coefficient (Wildman–Crippen LogP) is 1.92. The minimum atomic E-state index is -0.701. The average Bonchev–Trinajstić information content (AvgIpc) is 2.29. The van der Waals surface area contributed by atoms with Crippen LogP contribution in [0, 0.1) is 16.2 Å². The van der Waals surface area contributed by atoms with Crippen LogP contribution in [0.15, 0.2) is 53.5 Å². The maximum Gasteiger partial charge on any atom is 0.268 e. The highest BCUT2D eigenvalue weighted by molar-refractivity contribution is 5.99. The van der Waals surface area contributed by atoms with Gasteiger partial charge in [0.1, 0.15) is 17.3 Å². The first-order chi connectivity index (χ1) is 7.60. The van der Waals surface area contributed by atoms with Crippen molar-refractivity contribution in [2.75, 3.05) is 0 Å². The summed E-state index contributed by atoms with van der Waals surface area (Å²) in [6, 6.07) is 1.61. The van der Waals surface area contributed by atoms with E-state index in [1.54, 1.807) is 6.07 Å². The lowest BCUT2D eigenvalue weighted by Gasteiger charge is -2.03. The molecule has 5 heteroatoms. The van der Waals surface area contributed by atoms with Crippen LogP contribution in [0.5, 0.6) is 0 Å². The number of nitroso groups, excluding NO2 is 1. The number of nitrogens with one attached hydrogen (secondary N) is 1. The molecule has 0 aromatic heterocycles. The van der Waals surface area contributed by atoms with Gasteiger partial charge >= 0.3 is 0 Å². The van der Waals surface area contributed by atoms with Gasteiger partial charge in [0.25, 0.3) is 5.91 Å². The van der Waals surface area contributed by atoms with Crippen LogP contribution in [-0.2, 0) is 4.79 Å². The van der Waals surface area contributed by atoms with E-state index in [0.717, 1.165) is 0 Å². The highest BCUT2D eigenvalue weighted by Gasteiger charge is 2.13. The molecule has 0 saturated carbocycles. The third kappa shape index (κ3) is 3.72. The van der Waals surface area contributed by atoms with E-state index >= 15 is 0 Å². The second kappa shape index (κ2) is 6.90. The second-order valence-corrected chi connectivity index (χ2v) is 2.68. The number of nitriles is 1. The van der Waals surface area contributed by atoms with Gasteiger partial charge < -0.3 is 5.32 Å². The molecule has 5 nitrogen and oxygen atoms in total. The van der Waals surface area contributed by atoms with Crippen molar-refractivity contribution >= 4 is 5.91 Å². The summed E-state index contributed by atoms with van der Waals surface area (Å²) in [5, 5.41) is 13.6. The van der Waals surface area contributed by atoms with E-state index in [-0.39, 0.29) is 11.3 Å². The van der Waals surface area contributed by atoms with Crippen LogP contribution in [0.3, 0.4) is 0 Å². The molecule has 16 heavy (non-hydrogen) atoms. The summed E-state index contributed by atoms with van der Waals surface area (Å²) < 4.78 is 0. The van der Waals surface area contributed by atoms with E-state index in [9.17, 15) is 9.70 Å². The summed E-state index contributed by atoms with van der Waals surface area (Å²) >= 11 is 0. The van der Waals surface area contributed by atoms with E-state index in [1.807, 2.05) is 0 Å². The molecule has 0 aliphatic rings. The van der Waals surface area contributed by atoms with Crippen molar-refractivity contribution in [3.8, 4) is 6.07 Å². The topological polar surface area (TPSA) is 82.3 Å². The highest BCUT2D eigenvalue weighted by atomic mass is 16.3. The maximum atomic E-state index is 11.5. The molecule has 0 saturated heterocycles. The minimum absolute atomic E-state index is 0.165. The van der Waals surface area contributed by atoms with E-state index in [0.29, 0.717) is 5.70 Å². The molecule has 0 atom stereocenters. The molecule has 0 fully saturated rings. The van der Waals surface area contributed by atoms with Crippen LogP contribution in [0.25, 0.3) is 0 Å². The van der Waals surface area contributed by atoms with Gasteiger partial charge in [0.15, 0.2) is 0 Å². The first kappa shape index (κ1) is 13.5. The summed E-state index contributed by atoms with van der Waals surface area (Å²) in [6.07, 6.45) is 4.35. The van der Waals surface area contributed by atoms with Gasteiger partial charge in [-0.05, 0) is 24.3 Å². The maximum absolute atomic E-state index is 11.5. The molecular formula is C11H11N3O2. The number of carbonyl (C=O) groups excluding carboxylic acids is 1. The molecule has 0 unspecified atom stereocenters. The molecule has 82 valence electrons. The third-order valence-corrected chi connectivity index (χ3v) is 1.61. The van der Waals surface area contributed by atoms with Crippen LogP contribution >= 0.6 is 0 Å². The first-order valence-corrected chi connectivity index (χ1v) is 4.31. The molecule has 0 aliphatic carbocycles. The normalized spacial score (nSPS) is 11.9. The van der Waals surface area contributed by atoms with Crippen molar-refractivity contribution in [1.29, 1.82) is 5.26 Å². The Bertz CT molecular complexity index is 425. The van der Waals surface area contributed by atoms with Crippen molar-refractivity contribution in [3.05, 3.63) is 53.3 Å². The lowest BCUT2D eigenvalue weighted by molar-refractivity contribution is -0.116. The molecule has 0 aliphatic heterocycles. The lowest BCUT2D eigenvalue weighted by atomic mass is 10.2. The average molecular weight is 217 g/mol. The number of allylic oxidation sites excluding steroid dienone is 4.